The van der Waals surface area contributed by atoms with Crippen molar-refractivity contribution in [2.45, 2.75) is 38.5 Å². The lowest BCUT2D eigenvalue weighted by atomic mass is 9.97. The monoisotopic (exact) mass is 498 g/mol. The van der Waals surface area contributed by atoms with Crippen LogP contribution in [0.1, 0.15) is 36.3 Å². The van der Waals surface area contributed by atoms with Gasteiger partial charge < -0.3 is 9.84 Å². The molecule has 0 spiro atoms. The Morgan fingerprint density at radius 2 is 2.15 bits per heavy atom. The van der Waals surface area contributed by atoms with E-state index >= 15 is 0 Å². The van der Waals surface area contributed by atoms with Crippen molar-refractivity contribution in [3.05, 3.63) is 70.6 Å². The molecule has 1 aliphatic rings. The fourth-order valence-corrected chi connectivity index (χ4v) is 5.29. The van der Waals surface area contributed by atoms with Gasteiger partial charge in [0.15, 0.2) is 0 Å². The Bertz CT molecular complexity index is 1090. The van der Waals surface area contributed by atoms with Gasteiger partial charge in [0.1, 0.15) is 0 Å². The van der Waals surface area contributed by atoms with Crippen molar-refractivity contribution in [1.82, 2.24) is 20.4 Å². The molecule has 8 heteroatoms. The fourth-order valence-electron chi connectivity index (χ4n) is 4.19. The zero-order valence-electron chi connectivity index (χ0n) is 19.5. The maximum absolute atomic E-state index is 12.7. The van der Waals surface area contributed by atoms with Gasteiger partial charge in [0, 0.05) is 29.4 Å². The summed E-state index contributed by atoms with van der Waals surface area (Å²) in [6, 6.07) is 16.0. The molecule has 1 saturated heterocycles. The summed E-state index contributed by atoms with van der Waals surface area (Å²) >= 11 is 7.98. The number of hydrogen-bond donors (Lipinski definition) is 1. The lowest BCUT2D eigenvalue weighted by Crippen LogP contribution is -2.43. The number of hydrogen-bond acceptors (Lipinski definition) is 6. The summed E-state index contributed by atoms with van der Waals surface area (Å²) in [6.45, 7) is 5.03. The first-order valence-electron chi connectivity index (χ1n) is 11.8. The summed E-state index contributed by atoms with van der Waals surface area (Å²) in [5.41, 5.74) is 3.49. The number of benzene rings is 2. The van der Waals surface area contributed by atoms with Crippen molar-refractivity contribution in [1.29, 1.82) is 0 Å². The molecule has 1 aromatic heterocycles. The molecular formula is C26H31ClN4O2S. The Balaban J connectivity index is 1.17. The van der Waals surface area contributed by atoms with E-state index in [9.17, 15) is 4.79 Å². The van der Waals surface area contributed by atoms with Gasteiger partial charge in [-0.1, -0.05) is 58.7 Å². The van der Waals surface area contributed by atoms with E-state index in [4.69, 9.17) is 16.1 Å². The third-order valence-electron chi connectivity index (χ3n) is 5.90. The molecule has 1 atom stereocenters. The molecule has 4 rings (SSSR count). The topological polar surface area (TPSA) is 71.3 Å². The Morgan fingerprint density at radius 1 is 1.26 bits per heavy atom. The van der Waals surface area contributed by atoms with E-state index in [1.54, 1.807) is 0 Å². The molecule has 1 fully saturated rings. The Labute approximate surface area is 210 Å². The molecule has 180 valence electrons. The van der Waals surface area contributed by atoms with Crippen LogP contribution >= 0.6 is 23.4 Å². The van der Waals surface area contributed by atoms with Crippen LogP contribution in [0.5, 0.6) is 0 Å². The second-order valence-electron chi connectivity index (χ2n) is 8.78. The highest BCUT2D eigenvalue weighted by Gasteiger charge is 2.26. The van der Waals surface area contributed by atoms with Crippen molar-refractivity contribution in [3.8, 4) is 11.4 Å². The van der Waals surface area contributed by atoms with Gasteiger partial charge in [0.05, 0.1) is 12.5 Å². The lowest BCUT2D eigenvalue weighted by molar-refractivity contribution is -0.126. The molecular weight excluding hydrogens is 468 g/mol. The minimum Gasteiger partial charge on any atom is -0.356 e. The van der Waals surface area contributed by atoms with Crippen LogP contribution in [0, 0.1) is 12.8 Å². The molecule has 0 saturated carbocycles. The summed E-state index contributed by atoms with van der Waals surface area (Å²) in [5.74, 6) is 3.30. The molecule has 1 amide bonds. The van der Waals surface area contributed by atoms with Gasteiger partial charge in [-0.05, 0) is 56.2 Å². The predicted octanol–water partition coefficient (Wildman–Crippen LogP) is 5.35. The van der Waals surface area contributed by atoms with Gasteiger partial charge in [-0.2, -0.15) is 16.7 Å². The molecule has 2 aromatic carbocycles. The normalized spacial score (nSPS) is 16.5. The number of carbonyl (C=O) groups excluding carboxylic acids is 1. The highest BCUT2D eigenvalue weighted by molar-refractivity contribution is 7.98. The Morgan fingerprint density at radius 3 is 3.00 bits per heavy atom. The molecule has 34 heavy (non-hydrogen) atoms. The number of rotatable bonds is 10. The van der Waals surface area contributed by atoms with Crippen LogP contribution in [0.4, 0.5) is 0 Å². The number of carbonyl (C=O) groups is 1. The number of piperidine rings is 1. The third-order valence-corrected chi connectivity index (χ3v) is 7.25. The van der Waals surface area contributed by atoms with E-state index < -0.39 is 0 Å². The zero-order chi connectivity index (χ0) is 23.8. The number of nitrogens with one attached hydrogen (secondary N) is 1. The van der Waals surface area contributed by atoms with Gasteiger partial charge in [-0.25, -0.2) is 0 Å². The average Bonchev–Trinajstić information content (AvgIpc) is 3.30. The smallest absolute Gasteiger partial charge is 0.241 e. The van der Waals surface area contributed by atoms with Crippen LogP contribution < -0.4 is 5.32 Å². The summed E-state index contributed by atoms with van der Waals surface area (Å²) in [6.07, 6.45) is 2.88. The number of nitrogens with zero attached hydrogens (tertiary/aromatic N) is 3. The largest absolute Gasteiger partial charge is 0.356 e. The number of thioether (sulfide) groups is 1. The standard InChI is InChI=1S/C26H31ClN4O2S/c1-19-6-2-7-20(14-19)18-34-13-5-11-28-26(32)22-9-4-12-31(16-22)17-24-29-25(30-33-24)21-8-3-10-23(27)15-21/h2-3,6-8,10,14-15,22H,4-5,9,11-13,16-18H2,1H3,(H,28,32). The van der Waals surface area contributed by atoms with Gasteiger partial charge in [-0.15, -0.1) is 0 Å². The van der Waals surface area contributed by atoms with Crippen LogP contribution in [-0.2, 0) is 17.1 Å². The van der Waals surface area contributed by atoms with E-state index in [-0.39, 0.29) is 11.8 Å². The maximum Gasteiger partial charge on any atom is 0.241 e. The molecule has 6 nitrogen and oxygen atoms in total. The second kappa shape index (κ2) is 12.4. The van der Waals surface area contributed by atoms with Crippen LogP contribution in [0.15, 0.2) is 53.1 Å². The van der Waals surface area contributed by atoms with Gasteiger partial charge in [0.25, 0.3) is 0 Å². The summed E-state index contributed by atoms with van der Waals surface area (Å²) in [4.78, 5) is 19.4. The Hall–Kier alpha value is -2.35. The van der Waals surface area contributed by atoms with Crippen molar-refractivity contribution in [2.24, 2.45) is 5.92 Å². The number of likely N-dealkylation sites (tertiary alicyclic amines) is 1. The van der Waals surface area contributed by atoms with E-state index in [1.807, 2.05) is 36.0 Å². The Kier molecular flexibility index (Phi) is 9.02. The van der Waals surface area contributed by atoms with Crippen LogP contribution in [0.2, 0.25) is 5.02 Å². The van der Waals surface area contributed by atoms with Crippen molar-refractivity contribution in [2.75, 3.05) is 25.4 Å². The van der Waals surface area contributed by atoms with E-state index in [1.165, 1.54) is 11.1 Å². The molecule has 0 bridgehead atoms. The maximum atomic E-state index is 12.7. The molecule has 0 radical (unpaired) electrons. The molecule has 3 aromatic rings. The summed E-state index contributed by atoms with van der Waals surface area (Å²) < 4.78 is 5.45. The molecule has 0 aliphatic carbocycles. The number of aryl methyl sites for hydroxylation is 1. The van der Waals surface area contributed by atoms with Gasteiger partial charge in [-0.3, -0.25) is 9.69 Å². The van der Waals surface area contributed by atoms with Crippen LogP contribution in [0.25, 0.3) is 11.4 Å². The lowest BCUT2D eigenvalue weighted by Gasteiger charge is -2.30. The number of halogens is 1. The van der Waals surface area contributed by atoms with Crippen molar-refractivity contribution < 1.29 is 9.32 Å². The number of aromatic nitrogens is 2. The minimum atomic E-state index is 0.00372. The number of amides is 1. The molecule has 2 heterocycles. The second-order valence-corrected chi connectivity index (χ2v) is 10.3. The average molecular weight is 499 g/mol. The van der Waals surface area contributed by atoms with Crippen molar-refractivity contribution >= 4 is 29.3 Å². The van der Waals surface area contributed by atoms with E-state index in [0.29, 0.717) is 29.8 Å². The first kappa shape index (κ1) is 24.8. The van der Waals surface area contributed by atoms with E-state index in [2.05, 4.69) is 51.5 Å². The minimum absolute atomic E-state index is 0.00372. The highest BCUT2D eigenvalue weighted by atomic mass is 35.5. The third kappa shape index (κ3) is 7.32. The van der Waals surface area contributed by atoms with Gasteiger partial charge in [0.2, 0.25) is 17.6 Å². The predicted molar refractivity (Wildman–Crippen MR) is 138 cm³/mol. The van der Waals surface area contributed by atoms with Crippen LogP contribution in [0.3, 0.4) is 0 Å². The first-order chi connectivity index (χ1) is 16.6. The summed E-state index contributed by atoms with van der Waals surface area (Å²) in [7, 11) is 0. The zero-order valence-corrected chi connectivity index (χ0v) is 21.1. The van der Waals surface area contributed by atoms with Crippen LogP contribution in [-0.4, -0.2) is 46.3 Å². The van der Waals surface area contributed by atoms with Crippen molar-refractivity contribution in [3.63, 3.8) is 0 Å². The first-order valence-corrected chi connectivity index (χ1v) is 13.3. The highest BCUT2D eigenvalue weighted by Crippen LogP contribution is 2.22. The molecule has 1 unspecified atom stereocenters. The van der Waals surface area contributed by atoms with Gasteiger partial charge >= 0.3 is 0 Å². The SMILES string of the molecule is Cc1cccc(CSCCCNC(=O)C2CCCN(Cc3nc(-c4cccc(Cl)c4)no3)C2)c1. The van der Waals surface area contributed by atoms with E-state index in [0.717, 1.165) is 49.4 Å². The quantitative estimate of drug-likeness (QED) is 0.380. The summed E-state index contributed by atoms with van der Waals surface area (Å²) in [5, 5.41) is 7.85. The molecule has 1 N–H and O–H groups in total. The fraction of sp³-hybridized carbons (Fsp3) is 0.423. The molecule has 1 aliphatic heterocycles.